The highest BCUT2D eigenvalue weighted by Gasteiger charge is 2.36. The first-order valence-electron chi connectivity index (χ1n) is 10.9. The number of nitrogens with one attached hydrogen (secondary N) is 1. The van der Waals surface area contributed by atoms with Gasteiger partial charge in [-0.2, -0.15) is 4.99 Å². The Hall–Kier alpha value is -2.80. The molecule has 0 atom stereocenters. The van der Waals surface area contributed by atoms with Crippen LogP contribution < -0.4 is 10.2 Å². The van der Waals surface area contributed by atoms with Crippen LogP contribution in [0.3, 0.4) is 0 Å². The second kappa shape index (κ2) is 9.36. The van der Waals surface area contributed by atoms with E-state index in [9.17, 15) is 14.0 Å². The van der Waals surface area contributed by atoms with Crippen molar-refractivity contribution in [3.05, 3.63) is 58.6 Å². The van der Waals surface area contributed by atoms with Crippen molar-refractivity contribution < 1.29 is 14.0 Å². The summed E-state index contributed by atoms with van der Waals surface area (Å²) in [5.74, 6) is -0.0794. The number of hydrogen-bond acceptors (Lipinski definition) is 3. The summed E-state index contributed by atoms with van der Waals surface area (Å²) in [6, 6.07) is 7.41. The van der Waals surface area contributed by atoms with Crippen LogP contribution in [-0.4, -0.2) is 34.7 Å². The summed E-state index contributed by atoms with van der Waals surface area (Å²) in [4.78, 5) is 35.9. The highest BCUT2D eigenvalue weighted by atomic mass is 35.5. The second-order valence-electron chi connectivity index (χ2n) is 8.69. The predicted molar refractivity (Wildman–Crippen MR) is 123 cm³/mol. The van der Waals surface area contributed by atoms with Crippen LogP contribution >= 0.6 is 11.6 Å². The zero-order valence-electron chi connectivity index (χ0n) is 18.1. The molecule has 1 aliphatic carbocycles. The summed E-state index contributed by atoms with van der Waals surface area (Å²) in [7, 11) is 0. The lowest BCUT2D eigenvalue weighted by molar-refractivity contribution is -0.126. The molecule has 0 saturated heterocycles. The Morgan fingerprint density at radius 3 is 2.53 bits per heavy atom. The van der Waals surface area contributed by atoms with E-state index in [-0.39, 0.29) is 23.9 Å². The largest absolute Gasteiger partial charge is 0.354 e. The summed E-state index contributed by atoms with van der Waals surface area (Å²) in [5, 5.41) is 3.38. The molecular weight excluding hydrogens is 431 g/mol. The maximum Gasteiger partial charge on any atom is 0.278 e. The van der Waals surface area contributed by atoms with Gasteiger partial charge in [-0.25, -0.2) is 9.37 Å². The quantitative estimate of drug-likeness (QED) is 0.684. The van der Waals surface area contributed by atoms with Gasteiger partial charge in [-0.15, -0.1) is 0 Å². The number of rotatable bonds is 4. The van der Waals surface area contributed by atoms with Gasteiger partial charge < -0.3 is 10.2 Å². The van der Waals surface area contributed by atoms with Crippen molar-refractivity contribution >= 4 is 34.9 Å². The van der Waals surface area contributed by atoms with Gasteiger partial charge >= 0.3 is 0 Å². The third kappa shape index (κ3) is 4.83. The van der Waals surface area contributed by atoms with Crippen molar-refractivity contribution in [2.24, 2.45) is 10.9 Å². The highest BCUT2D eigenvalue weighted by Crippen LogP contribution is 2.38. The van der Waals surface area contributed by atoms with Gasteiger partial charge in [0, 0.05) is 41.7 Å². The molecule has 168 valence electrons. The summed E-state index contributed by atoms with van der Waals surface area (Å²) in [6.45, 7) is 3.92. The zero-order valence-corrected chi connectivity index (χ0v) is 18.9. The van der Waals surface area contributed by atoms with Crippen LogP contribution in [0.1, 0.15) is 55.5 Å². The zero-order chi connectivity index (χ0) is 22.8. The van der Waals surface area contributed by atoms with Gasteiger partial charge in [-0.1, -0.05) is 11.6 Å². The molecule has 8 heteroatoms. The first kappa shape index (κ1) is 22.4. The van der Waals surface area contributed by atoms with Crippen molar-refractivity contribution in [2.75, 3.05) is 4.90 Å². The van der Waals surface area contributed by atoms with Gasteiger partial charge in [-0.3, -0.25) is 9.59 Å². The van der Waals surface area contributed by atoms with E-state index in [1.807, 2.05) is 13.8 Å². The van der Waals surface area contributed by atoms with E-state index in [0.29, 0.717) is 23.0 Å². The molecule has 2 amide bonds. The van der Waals surface area contributed by atoms with Crippen LogP contribution in [0.15, 0.2) is 41.5 Å². The average molecular weight is 457 g/mol. The Bertz CT molecular complexity index is 1050. The summed E-state index contributed by atoms with van der Waals surface area (Å²) < 4.78 is 13.2. The van der Waals surface area contributed by atoms with Gasteiger partial charge in [-0.05, 0) is 69.9 Å². The minimum Gasteiger partial charge on any atom is -0.354 e. The van der Waals surface area contributed by atoms with Crippen LogP contribution in [0.4, 0.5) is 10.1 Å². The highest BCUT2D eigenvalue weighted by molar-refractivity contribution is 6.30. The molecule has 2 heterocycles. The first-order chi connectivity index (χ1) is 15.3. The normalized spacial score (nSPS) is 21.7. The van der Waals surface area contributed by atoms with E-state index in [1.165, 1.54) is 24.3 Å². The lowest BCUT2D eigenvalue weighted by Gasteiger charge is -2.36. The molecule has 1 aromatic heterocycles. The lowest BCUT2D eigenvalue weighted by atomic mass is 9.84. The molecule has 2 aromatic rings. The molecule has 1 N–H and O–H groups in total. The minimum atomic E-state index is -0.415. The fourth-order valence-electron chi connectivity index (χ4n) is 4.48. The Morgan fingerprint density at radius 1 is 1.19 bits per heavy atom. The van der Waals surface area contributed by atoms with Crippen LogP contribution in [0.5, 0.6) is 0 Å². The third-order valence-corrected chi connectivity index (χ3v) is 6.21. The lowest BCUT2D eigenvalue weighted by Crippen LogP contribution is -2.44. The van der Waals surface area contributed by atoms with Gasteiger partial charge in [0.25, 0.3) is 5.91 Å². The molecule has 32 heavy (non-hydrogen) atoms. The van der Waals surface area contributed by atoms with E-state index in [0.717, 1.165) is 36.9 Å². The molecule has 0 radical (unpaired) electrons. The molecule has 6 nitrogen and oxygen atoms in total. The number of carbonyl (C=O) groups excluding carboxylic acids is 2. The first-order valence-corrected chi connectivity index (χ1v) is 11.3. The average Bonchev–Trinajstić information content (AvgIpc) is 3.10. The summed E-state index contributed by atoms with van der Waals surface area (Å²) in [5.41, 5.74) is 2.20. The number of nitrogens with zero attached hydrogens (tertiary/aromatic N) is 3. The molecule has 4 rings (SSSR count). The number of aliphatic imine (C=N–C) groups is 1. The van der Waals surface area contributed by atoms with Crippen LogP contribution in [0.2, 0.25) is 5.15 Å². The van der Waals surface area contributed by atoms with E-state index in [4.69, 9.17) is 11.6 Å². The Morgan fingerprint density at radius 2 is 1.88 bits per heavy atom. The van der Waals surface area contributed by atoms with Gasteiger partial charge in [0.15, 0.2) is 0 Å². The third-order valence-electron chi connectivity index (χ3n) is 6.00. The molecule has 1 aromatic carbocycles. The predicted octanol–water partition coefficient (Wildman–Crippen LogP) is 4.56. The number of carbonyl (C=O) groups is 2. The van der Waals surface area contributed by atoms with E-state index >= 15 is 0 Å². The number of halogens is 2. The van der Waals surface area contributed by atoms with Crippen LogP contribution in [0.25, 0.3) is 0 Å². The second-order valence-corrected chi connectivity index (χ2v) is 9.08. The van der Waals surface area contributed by atoms with Gasteiger partial charge in [0.05, 0.1) is 5.69 Å². The van der Waals surface area contributed by atoms with Crippen molar-refractivity contribution in [3.8, 4) is 0 Å². The number of anilines is 1. The number of amidine groups is 1. The monoisotopic (exact) mass is 456 g/mol. The number of benzene rings is 1. The standard InChI is InChI=1S/C24H26ClFN4O2/c1-14(2)28-23(31)16-5-9-19(10-6-16)30-20-12-21(25)27-13-17(20)11-22(30)29-24(32)15-3-7-18(26)8-4-15/h3-4,7-8,12-14,16,19H,5-6,9-11H2,1-2H3,(H,28,31). The molecule has 0 bridgehead atoms. The van der Waals surface area contributed by atoms with Gasteiger partial charge in [0.2, 0.25) is 5.91 Å². The molecule has 0 spiro atoms. The van der Waals surface area contributed by atoms with Gasteiger partial charge in [0.1, 0.15) is 16.8 Å². The number of aromatic nitrogens is 1. The summed E-state index contributed by atoms with van der Waals surface area (Å²) in [6.07, 6.45) is 5.34. The minimum absolute atomic E-state index is 0.00186. The number of fused-ring (bicyclic) bond motifs is 1. The molecular formula is C24H26ClFN4O2. The van der Waals surface area contributed by atoms with E-state index < -0.39 is 11.7 Å². The molecule has 2 aliphatic rings. The fraction of sp³-hybridized carbons (Fsp3) is 0.417. The Balaban J connectivity index is 1.57. The van der Waals surface area contributed by atoms with Crippen LogP contribution in [0, 0.1) is 11.7 Å². The number of hydrogen-bond donors (Lipinski definition) is 1. The number of amides is 2. The van der Waals surface area contributed by atoms with E-state index in [2.05, 4.69) is 20.2 Å². The molecule has 1 aliphatic heterocycles. The maximum atomic E-state index is 13.2. The van der Waals surface area contributed by atoms with Crippen molar-refractivity contribution in [1.29, 1.82) is 0 Å². The fourth-order valence-corrected chi connectivity index (χ4v) is 4.63. The Labute approximate surface area is 191 Å². The Kier molecular flexibility index (Phi) is 6.55. The number of pyridine rings is 1. The van der Waals surface area contributed by atoms with Crippen LogP contribution in [-0.2, 0) is 11.2 Å². The smallest absolute Gasteiger partial charge is 0.278 e. The van der Waals surface area contributed by atoms with E-state index in [1.54, 1.807) is 12.3 Å². The maximum absolute atomic E-state index is 13.2. The molecule has 1 saturated carbocycles. The molecule has 0 unspecified atom stereocenters. The molecule has 1 fully saturated rings. The SMILES string of the molecule is CC(C)NC(=O)C1CCC(N2C(=NC(=O)c3ccc(F)cc3)Cc3cnc(Cl)cc32)CC1. The van der Waals surface area contributed by atoms with Crippen molar-refractivity contribution in [2.45, 2.75) is 58.0 Å². The van der Waals surface area contributed by atoms with Crippen molar-refractivity contribution in [1.82, 2.24) is 10.3 Å². The van der Waals surface area contributed by atoms with Crippen molar-refractivity contribution in [3.63, 3.8) is 0 Å². The summed E-state index contributed by atoms with van der Waals surface area (Å²) >= 11 is 6.17. The topological polar surface area (TPSA) is 74.7 Å².